The highest BCUT2D eigenvalue weighted by atomic mass is 18.0. The standard InChI is InChI=1S/C6H14O.H2O15/c1-6(2,3)5-7-4;1-3-5-7-9-11-13-15-14-12-10-8-6-4-2/h5H2,1-4H3;1-2H. The van der Waals surface area contributed by atoms with Gasteiger partial charge in [0, 0.05) is 7.11 Å². The Balaban J connectivity index is 0. The molecule has 0 aromatic rings. The second kappa shape index (κ2) is 18.4. The highest BCUT2D eigenvalue weighted by Crippen LogP contribution is 2.11. The molecule has 0 saturated carbocycles. The fourth-order valence-corrected chi connectivity index (χ4v) is 0.560. The van der Waals surface area contributed by atoms with E-state index in [1.165, 1.54) is 0 Å². The SMILES string of the molecule is COCC(C)(C)C.OOOOOOOOOOOOOOO. The molecule has 0 spiro atoms. The Morgan fingerprint density at radius 3 is 1.00 bits per heavy atom. The zero-order chi connectivity index (χ0) is 17.1. The smallest absolute Gasteiger partial charge is 0.0510 e. The van der Waals surface area contributed by atoms with E-state index in [4.69, 9.17) is 15.3 Å². The van der Waals surface area contributed by atoms with Crippen LogP contribution in [-0.4, -0.2) is 24.2 Å². The molecular weight excluding hydrogens is 328 g/mol. The summed E-state index contributed by atoms with van der Waals surface area (Å²) < 4.78 is 4.91. The van der Waals surface area contributed by atoms with Crippen LogP contribution in [-0.2, 0) is 70.2 Å². The van der Waals surface area contributed by atoms with Crippen molar-refractivity contribution in [2.24, 2.45) is 5.41 Å². The molecule has 16 heteroatoms. The van der Waals surface area contributed by atoms with Gasteiger partial charge in [0.05, 0.1) is 6.61 Å². The molecule has 0 aromatic heterocycles. The van der Waals surface area contributed by atoms with E-state index in [-0.39, 0.29) is 0 Å². The van der Waals surface area contributed by atoms with Crippen LogP contribution < -0.4 is 0 Å². The minimum Gasteiger partial charge on any atom is -0.384 e. The van der Waals surface area contributed by atoms with Gasteiger partial charge in [-0.1, -0.05) is 20.8 Å². The van der Waals surface area contributed by atoms with Crippen molar-refractivity contribution in [1.82, 2.24) is 0 Å². The van der Waals surface area contributed by atoms with Crippen LogP contribution in [0.3, 0.4) is 0 Å². The minimum atomic E-state index is 0.328. The van der Waals surface area contributed by atoms with E-state index in [0.717, 1.165) is 6.61 Å². The maximum atomic E-state index is 7.44. The van der Waals surface area contributed by atoms with Crippen LogP contribution in [0.15, 0.2) is 0 Å². The number of hydrogen-bond donors (Lipinski definition) is 2. The average molecular weight is 344 g/mol. The van der Waals surface area contributed by atoms with Gasteiger partial charge in [0.1, 0.15) is 0 Å². The van der Waals surface area contributed by atoms with Crippen molar-refractivity contribution in [3.05, 3.63) is 0 Å². The van der Waals surface area contributed by atoms with E-state index in [1.807, 2.05) is 0 Å². The van der Waals surface area contributed by atoms with E-state index in [0.29, 0.717) is 5.41 Å². The lowest BCUT2D eigenvalue weighted by molar-refractivity contribution is -0.879. The Kier molecular flexibility index (Phi) is 19.8. The van der Waals surface area contributed by atoms with Crippen LogP contribution >= 0.6 is 0 Å². The Labute approximate surface area is 122 Å². The largest absolute Gasteiger partial charge is 0.384 e. The van der Waals surface area contributed by atoms with Gasteiger partial charge < -0.3 is 4.74 Å². The number of ether oxygens (including phenoxy) is 1. The van der Waals surface area contributed by atoms with Crippen LogP contribution in [0, 0.1) is 5.41 Å². The highest BCUT2D eigenvalue weighted by molar-refractivity contribution is 4.57. The predicted molar refractivity (Wildman–Crippen MR) is 50.7 cm³/mol. The summed E-state index contributed by atoms with van der Waals surface area (Å²) in [5, 5.41) is 57.5. The summed E-state index contributed by atoms with van der Waals surface area (Å²) in [6, 6.07) is 0. The van der Waals surface area contributed by atoms with Gasteiger partial charge in [-0.2, -0.15) is 0 Å². The fraction of sp³-hybridized carbons (Fsp3) is 1.00. The first kappa shape index (κ1) is 23.6. The van der Waals surface area contributed by atoms with Crippen LogP contribution in [0.25, 0.3) is 0 Å². The van der Waals surface area contributed by atoms with Gasteiger partial charge in [0.15, 0.2) is 0 Å². The summed E-state index contributed by atoms with van der Waals surface area (Å²) in [5.74, 6) is 0. The third-order valence-corrected chi connectivity index (χ3v) is 0.916. The van der Waals surface area contributed by atoms with E-state index in [9.17, 15) is 0 Å². The van der Waals surface area contributed by atoms with Crippen LogP contribution in [0.2, 0.25) is 0 Å². The van der Waals surface area contributed by atoms with Gasteiger partial charge in [-0.05, 0) is 70.9 Å². The van der Waals surface area contributed by atoms with Gasteiger partial charge in [0.25, 0.3) is 0 Å². The number of hydrogen-bond acceptors (Lipinski definition) is 16. The quantitative estimate of drug-likeness (QED) is 0.273. The maximum Gasteiger partial charge on any atom is 0.0510 e. The molecule has 0 unspecified atom stereocenters. The minimum absolute atomic E-state index is 0.328. The summed E-state index contributed by atoms with van der Waals surface area (Å²) >= 11 is 0. The first-order valence-electron chi connectivity index (χ1n) is 4.92. The summed E-state index contributed by atoms with van der Waals surface area (Å²) in [6.07, 6.45) is 0. The van der Waals surface area contributed by atoms with Crippen LogP contribution in [0.4, 0.5) is 0 Å². The molecule has 0 aliphatic rings. The molecule has 0 saturated heterocycles. The Hall–Kier alpha value is -0.640. The maximum absolute atomic E-state index is 7.44. The Morgan fingerprint density at radius 1 is 0.591 bits per heavy atom. The summed E-state index contributed by atoms with van der Waals surface area (Å²) in [4.78, 5) is 0. The monoisotopic (exact) mass is 344 g/mol. The van der Waals surface area contributed by atoms with E-state index >= 15 is 0 Å². The highest BCUT2D eigenvalue weighted by Gasteiger charge is 2.07. The number of methoxy groups -OCH3 is 1. The van der Waals surface area contributed by atoms with Gasteiger partial charge in [-0.3, -0.25) is 0 Å². The van der Waals surface area contributed by atoms with Crippen molar-refractivity contribution in [3.63, 3.8) is 0 Å². The molecule has 0 heterocycles. The second-order valence-corrected chi connectivity index (χ2v) is 3.89. The van der Waals surface area contributed by atoms with Crippen molar-refractivity contribution >= 4 is 0 Å². The molecule has 0 radical (unpaired) electrons. The molecule has 136 valence electrons. The lowest BCUT2D eigenvalue weighted by Gasteiger charge is -2.15. The topological polar surface area (TPSA) is 170 Å². The summed E-state index contributed by atoms with van der Waals surface area (Å²) in [7, 11) is 1.73. The van der Waals surface area contributed by atoms with Crippen molar-refractivity contribution in [1.29, 1.82) is 0 Å². The molecule has 2 N–H and O–H groups in total. The van der Waals surface area contributed by atoms with E-state index in [1.54, 1.807) is 7.11 Å². The number of rotatable bonds is 13. The Morgan fingerprint density at radius 2 is 0.864 bits per heavy atom. The first-order chi connectivity index (χ1) is 10.5. The third-order valence-electron chi connectivity index (χ3n) is 0.916. The Bertz CT molecular complexity index is 182. The van der Waals surface area contributed by atoms with Crippen molar-refractivity contribution < 1.29 is 80.7 Å². The lowest BCUT2D eigenvalue weighted by Crippen LogP contribution is -2.12. The molecule has 0 bridgehead atoms. The molecule has 22 heavy (non-hydrogen) atoms. The molecule has 0 amide bonds. The van der Waals surface area contributed by atoms with Crippen molar-refractivity contribution in [2.75, 3.05) is 13.7 Å². The average Bonchev–Trinajstić information content (AvgIpc) is 2.44. The molecule has 16 nitrogen and oxygen atoms in total. The fourth-order valence-electron chi connectivity index (χ4n) is 0.560. The zero-order valence-electron chi connectivity index (χ0n) is 11.8. The van der Waals surface area contributed by atoms with Crippen molar-refractivity contribution in [3.8, 4) is 0 Å². The van der Waals surface area contributed by atoms with Gasteiger partial charge >= 0.3 is 0 Å². The molecule has 0 rings (SSSR count). The lowest BCUT2D eigenvalue weighted by atomic mass is 9.99. The molecule has 0 aromatic carbocycles. The molecule has 0 atom stereocenters. The first-order valence-corrected chi connectivity index (χ1v) is 4.92. The van der Waals surface area contributed by atoms with E-state index < -0.39 is 0 Å². The predicted octanol–water partition coefficient (Wildman–Crippen LogP) is 0.807. The van der Waals surface area contributed by atoms with Gasteiger partial charge in [-0.15, -0.1) is 0 Å². The van der Waals surface area contributed by atoms with Crippen LogP contribution in [0.1, 0.15) is 20.8 Å². The normalized spacial score (nSPS) is 11.2. The molecule has 0 fully saturated rings. The zero-order valence-corrected chi connectivity index (χ0v) is 11.8. The molecule has 0 aliphatic carbocycles. The molecular formula is C6H16O16. The third kappa shape index (κ3) is 27.7. The van der Waals surface area contributed by atoms with Gasteiger partial charge in [0.2, 0.25) is 0 Å². The van der Waals surface area contributed by atoms with Gasteiger partial charge in [-0.25, -0.2) is 10.5 Å². The summed E-state index contributed by atoms with van der Waals surface area (Å²) in [5.41, 5.74) is 0.328. The van der Waals surface area contributed by atoms with E-state index in [2.05, 4.69) is 86.3 Å². The van der Waals surface area contributed by atoms with Crippen LogP contribution in [0.5, 0.6) is 0 Å². The van der Waals surface area contributed by atoms with Crippen molar-refractivity contribution in [2.45, 2.75) is 20.8 Å². The molecule has 0 aliphatic heterocycles. The summed E-state index contributed by atoms with van der Waals surface area (Å²) in [6.45, 7) is 7.29. The second-order valence-electron chi connectivity index (χ2n) is 3.89.